The average molecular weight is 447 g/mol. The molecule has 2 aromatic carbocycles. The molecule has 1 aliphatic rings. The fourth-order valence-corrected chi connectivity index (χ4v) is 4.91. The first-order chi connectivity index (χ1) is 15.7. The third kappa shape index (κ3) is 3.18. The van der Waals surface area contributed by atoms with Crippen LogP contribution in [-0.4, -0.2) is 33.0 Å². The molecule has 0 radical (unpaired) electrons. The van der Waals surface area contributed by atoms with Crippen LogP contribution in [0.15, 0.2) is 60.9 Å². The number of fused-ring (bicyclic) bond motifs is 2. The van der Waals surface area contributed by atoms with Gasteiger partial charge in [-0.25, -0.2) is 9.37 Å². The quantitative estimate of drug-likeness (QED) is 0.333. The second-order valence-corrected chi connectivity index (χ2v) is 8.54. The van der Waals surface area contributed by atoms with Gasteiger partial charge in [0.15, 0.2) is 0 Å². The molecule has 1 fully saturated rings. The van der Waals surface area contributed by atoms with Crippen LogP contribution >= 0.6 is 11.6 Å². The van der Waals surface area contributed by atoms with Gasteiger partial charge in [0, 0.05) is 58.6 Å². The number of nitrogens with one attached hydrogen (secondary N) is 1. The number of rotatable bonds is 3. The maximum Gasteiger partial charge on any atom is 0.129 e. The van der Waals surface area contributed by atoms with Crippen molar-refractivity contribution in [3.63, 3.8) is 0 Å². The number of aromatic nitrogens is 4. The number of H-pyrrole nitrogens is 1. The van der Waals surface area contributed by atoms with Gasteiger partial charge >= 0.3 is 0 Å². The smallest absolute Gasteiger partial charge is 0.129 e. The number of ether oxygens (including phenoxy) is 1. The number of halogens is 2. The van der Waals surface area contributed by atoms with Crippen LogP contribution in [-0.2, 0) is 4.74 Å². The number of benzene rings is 2. The second-order valence-electron chi connectivity index (χ2n) is 8.15. The van der Waals surface area contributed by atoms with Crippen LogP contribution in [0.2, 0.25) is 5.15 Å². The van der Waals surface area contributed by atoms with Gasteiger partial charge in [-0.3, -0.25) is 5.10 Å². The SMILES string of the molecule is Fc1ccc(-n2c(C3CCOCC3)c(-c3ccc(Cl)nc3)c3cc4[nH]ncc4cc32)cc1. The van der Waals surface area contributed by atoms with E-state index in [9.17, 15) is 4.39 Å². The standard InChI is InChI=1S/C25H20ClFN4O/c26-23-6-1-16(13-28-23)24-20-12-21-17(14-29-30-21)11-22(20)31(19-4-2-18(27)3-5-19)25(24)15-7-9-32-10-8-15/h1-6,11-15H,7-10H2,(H,29,30). The van der Waals surface area contributed by atoms with Crippen molar-refractivity contribution in [2.45, 2.75) is 18.8 Å². The minimum absolute atomic E-state index is 0.253. The molecule has 160 valence electrons. The lowest BCUT2D eigenvalue weighted by atomic mass is 9.90. The van der Waals surface area contributed by atoms with E-state index in [1.165, 1.54) is 17.8 Å². The van der Waals surface area contributed by atoms with Crippen molar-refractivity contribution >= 4 is 33.4 Å². The van der Waals surface area contributed by atoms with E-state index in [2.05, 4.69) is 31.9 Å². The molecule has 0 aliphatic carbocycles. The van der Waals surface area contributed by atoms with Crippen molar-refractivity contribution in [1.82, 2.24) is 19.7 Å². The lowest BCUT2D eigenvalue weighted by Crippen LogP contribution is -2.17. The highest BCUT2D eigenvalue weighted by atomic mass is 35.5. The summed E-state index contributed by atoms with van der Waals surface area (Å²) in [6.07, 6.45) is 5.50. The molecule has 7 heteroatoms. The lowest BCUT2D eigenvalue weighted by molar-refractivity contribution is 0.0843. The summed E-state index contributed by atoms with van der Waals surface area (Å²) in [5, 5.41) is 9.88. The van der Waals surface area contributed by atoms with Crippen molar-refractivity contribution in [3.05, 3.63) is 77.6 Å². The van der Waals surface area contributed by atoms with Gasteiger partial charge in [0.1, 0.15) is 11.0 Å². The third-order valence-corrected chi connectivity index (χ3v) is 6.50. The summed E-state index contributed by atoms with van der Waals surface area (Å²) in [4.78, 5) is 4.36. The molecule has 5 aromatic rings. The Bertz CT molecular complexity index is 1320. The molecule has 1 saturated heterocycles. The van der Waals surface area contributed by atoms with Crippen LogP contribution in [0.4, 0.5) is 4.39 Å². The van der Waals surface area contributed by atoms with Gasteiger partial charge in [0.05, 0.1) is 17.2 Å². The van der Waals surface area contributed by atoms with Gasteiger partial charge < -0.3 is 9.30 Å². The molecule has 0 spiro atoms. The Balaban J connectivity index is 1.74. The third-order valence-electron chi connectivity index (χ3n) is 6.27. The van der Waals surface area contributed by atoms with Crippen LogP contribution < -0.4 is 0 Å². The predicted molar refractivity (Wildman–Crippen MR) is 124 cm³/mol. The molecular weight excluding hydrogens is 427 g/mol. The van der Waals surface area contributed by atoms with Crippen LogP contribution in [0.5, 0.6) is 0 Å². The minimum atomic E-state index is -0.253. The molecular formula is C25H20ClFN4O. The monoisotopic (exact) mass is 446 g/mol. The molecule has 6 rings (SSSR count). The average Bonchev–Trinajstić information content (AvgIpc) is 3.41. The Morgan fingerprint density at radius 2 is 1.84 bits per heavy atom. The van der Waals surface area contributed by atoms with Gasteiger partial charge in [-0.05, 0) is 61.4 Å². The highest BCUT2D eigenvalue weighted by Crippen LogP contribution is 2.44. The Hall–Kier alpha value is -3.22. The van der Waals surface area contributed by atoms with E-state index in [1.54, 1.807) is 0 Å². The molecule has 5 nitrogen and oxygen atoms in total. The zero-order chi connectivity index (χ0) is 21.7. The van der Waals surface area contributed by atoms with E-state index in [0.29, 0.717) is 11.1 Å². The summed E-state index contributed by atoms with van der Waals surface area (Å²) in [6, 6.07) is 14.8. The van der Waals surface area contributed by atoms with Gasteiger partial charge in [0.2, 0.25) is 0 Å². The number of nitrogens with zero attached hydrogens (tertiary/aromatic N) is 3. The molecule has 0 bridgehead atoms. The Kier molecular flexibility index (Phi) is 4.70. The van der Waals surface area contributed by atoms with Crippen LogP contribution in [0.25, 0.3) is 38.6 Å². The van der Waals surface area contributed by atoms with Crippen molar-refractivity contribution in [2.75, 3.05) is 13.2 Å². The van der Waals surface area contributed by atoms with E-state index in [0.717, 1.165) is 64.7 Å². The zero-order valence-electron chi connectivity index (χ0n) is 17.2. The van der Waals surface area contributed by atoms with Crippen molar-refractivity contribution in [1.29, 1.82) is 0 Å². The van der Waals surface area contributed by atoms with Gasteiger partial charge in [-0.1, -0.05) is 11.6 Å². The Morgan fingerprint density at radius 1 is 1.03 bits per heavy atom. The van der Waals surface area contributed by atoms with Crippen LogP contribution in [0.3, 0.4) is 0 Å². The largest absolute Gasteiger partial charge is 0.381 e. The number of hydrogen-bond donors (Lipinski definition) is 1. The molecule has 0 atom stereocenters. The normalized spacial score (nSPS) is 15.1. The maximum absolute atomic E-state index is 13.8. The van der Waals surface area contributed by atoms with E-state index in [-0.39, 0.29) is 5.82 Å². The van der Waals surface area contributed by atoms with Crippen molar-refractivity contribution < 1.29 is 9.13 Å². The summed E-state index contributed by atoms with van der Waals surface area (Å²) in [7, 11) is 0. The molecule has 1 aliphatic heterocycles. The van der Waals surface area contributed by atoms with E-state index < -0.39 is 0 Å². The van der Waals surface area contributed by atoms with Gasteiger partial charge in [-0.2, -0.15) is 5.10 Å². The molecule has 32 heavy (non-hydrogen) atoms. The van der Waals surface area contributed by atoms with Crippen molar-refractivity contribution in [3.8, 4) is 16.8 Å². The minimum Gasteiger partial charge on any atom is -0.381 e. The van der Waals surface area contributed by atoms with Crippen LogP contribution in [0, 0.1) is 5.82 Å². The van der Waals surface area contributed by atoms with Crippen LogP contribution in [0.1, 0.15) is 24.5 Å². The Labute approximate surface area is 188 Å². The fraction of sp³-hybridized carbons (Fsp3) is 0.200. The molecule has 0 saturated carbocycles. The van der Waals surface area contributed by atoms with Gasteiger partial charge in [0.25, 0.3) is 0 Å². The molecule has 4 heterocycles. The second kappa shape index (κ2) is 7.73. The first-order valence-corrected chi connectivity index (χ1v) is 11.0. The molecule has 0 unspecified atom stereocenters. The lowest BCUT2D eigenvalue weighted by Gasteiger charge is -2.25. The molecule has 1 N–H and O–H groups in total. The highest BCUT2D eigenvalue weighted by molar-refractivity contribution is 6.29. The van der Waals surface area contributed by atoms with E-state index in [4.69, 9.17) is 16.3 Å². The topological polar surface area (TPSA) is 55.7 Å². The molecule has 3 aromatic heterocycles. The summed E-state index contributed by atoms with van der Waals surface area (Å²) >= 11 is 6.10. The maximum atomic E-state index is 13.8. The number of aromatic amines is 1. The number of pyridine rings is 1. The fourth-order valence-electron chi connectivity index (χ4n) is 4.80. The van der Waals surface area contributed by atoms with E-state index >= 15 is 0 Å². The first kappa shape index (κ1) is 19.5. The summed E-state index contributed by atoms with van der Waals surface area (Å²) in [5.74, 6) is 0.0422. The summed E-state index contributed by atoms with van der Waals surface area (Å²) in [5.41, 5.74) is 6.26. The molecule has 0 amide bonds. The highest BCUT2D eigenvalue weighted by Gasteiger charge is 2.28. The Morgan fingerprint density at radius 3 is 2.59 bits per heavy atom. The summed E-state index contributed by atoms with van der Waals surface area (Å²) < 4.78 is 21.7. The summed E-state index contributed by atoms with van der Waals surface area (Å²) in [6.45, 7) is 1.44. The first-order valence-electron chi connectivity index (χ1n) is 10.7. The predicted octanol–water partition coefficient (Wildman–Crippen LogP) is 6.26. The van der Waals surface area contributed by atoms with E-state index in [1.807, 2.05) is 36.7 Å². The number of hydrogen-bond acceptors (Lipinski definition) is 3. The van der Waals surface area contributed by atoms with Crippen molar-refractivity contribution in [2.24, 2.45) is 0 Å². The van der Waals surface area contributed by atoms with Gasteiger partial charge in [-0.15, -0.1) is 0 Å². The zero-order valence-corrected chi connectivity index (χ0v) is 17.9.